The number of hydrogen-bond acceptors (Lipinski definition) is 5. The topological polar surface area (TPSA) is 47.7 Å². The van der Waals surface area contributed by atoms with E-state index in [1.54, 1.807) is 0 Å². The zero-order chi connectivity index (χ0) is 16.8. The molecule has 24 heavy (non-hydrogen) atoms. The lowest BCUT2D eigenvalue weighted by Gasteiger charge is -2.26. The summed E-state index contributed by atoms with van der Waals surface area (Å²) >= 11 is 0. The first-order chi connectivity index (χ1) is 11.7. The lowest BCUT2D eigenvalue weighted by Crippen LogP contribution is -2.36. The average Bonchev–Trinajstić information content (AvgIpc) is 2.93. The molecule has 0 spiro atoms. The van der Waals surface area contributed by atoms with E-state index in [-0.39, 0.29) is 0 Å². The molecule has 3 rings (SSSR count). The maximum atomic E-state index is 5.84. The van der Waals surface area contributed by atoms with Crippen LogP contribution in [0.15, 0.2) is 28.8 Å². The summed E-state index contributed by atoms with van der Waals surface area (Å²) in [7, 11) is 0. The van der Waals surface area contributed by atoms with E-state index in [2.05, 4.69) is 22.2 Å². The Bertz CT molecular complexity index is 611. The Labute approximate surface area is 143 Å². The number of ether oxygens (including phenoxy) is 2. The van der Waals surface area contributed by atoms with Crippen LogP contribution in [0.3, 0.4) is 0 Å². The van der Waals surface area contributed by atoms with E-state index in [4.69, 9.17) is 14.0 Å². The van der Waals surface area contributed by atoms with Gasteiger partial charge in [-0.2, -0.15) is 0 Å². The molecule has 5 heteroatoms. The Morgan fingerprint density at radius 3 is 2.54 bits per heavy atom. The predicted molar refractivity (Wildman–Crippen MR) is 92.3 cm³/mol. The molecule has 1 aromatic heterocycles. The Kier molecular flexibility index (Phi) is 5.88. The maximum Gasteiger partial charge on any atom is 0.140 e. The highest BCUT2D eigenvalue weighted by Crippen LogP contribution is 2.18. The molecule has 0 saturated carbocycles. The van der Waals surface area contributed by atoms with Crippen LogP contribution < -0.4 is 4.74 Å². The smallest absolute Gasteiger partial charge is 0.140 e. The molecule has 0 atom stereocenters. The second kappa shape index (κ2) is 8.31. The van der Waals surface area contributed by atoms with Crippen molar-refractivity contribution in [2.24, 2.45) is 0 Å². The number of aromatic nitrogens is 1. The molecule has 0 amide bonds. The van der Waals surface area contributed by atoms with Gasteiger partial charge in [-0.25, -0.2) is 0 Å². The third-order valence-corrected chi connectivity index (χ3v) is 4.53. The standard InChI is InChI=1S/C19H26N2O3/c1-15-19(16(2)24-20-15)14-23-18-7-5-17(6-8-18)4-3-9-21-10-12-22-13-11-21/h5-8H,3-4,9-14H2,1-2H3. The predicted octanol–water partition coefficient (Wildman–Crippen LogP) is 3.14. The van der Waals surface area contributed by atoms with Gasteiger partial charge in [0.05, 0.1) is 24.5 Å². The van der Waals surface area contributed by atoms with Gasteiger partial charge in [-0.1, -0.05) is 17.3 Å². The molecule has 1 aliphatic rings. The lowest BCUT2D eigenvalue weighted by atomic mass is 10.1. The normalized spacial score (nSPS) is 15.6. The van der Waals surface area contributed by atoms with Crippen LogP contribution in [0.1, 0.15) is 29.0 Å². The molecule has 1 aromatic carbocycles. The van der Waals surface area contributed by atoms with Crippen molar-refractivity contribution < 1.29 is 14.0 Å². The van der Waals surface area contributed by atoms with Crippen LogP contribution >= 0.6 is 0 Å². The highest BCUT2D eigenvalue weighted by Gasteiger charge is 2.10. The molecule has 1 saturated heterocycles. The summed E-state index contributed by atoms with van der Waals surface area (Å²) in [5.41, 5.74) is 3.28. The van der Waals surface area contributed by atoms with Gasteiger partial charge in [0.2, 0.25) is 0 Å². The van der Waals surface area contributed by atoms with Gasteiger partial charge in [0.15, 0.2) is 0 Å². The van der Waals surface area contributed by atoms with Crippen molar-refractivity contribution in [3.63, 3.8) is 0 Å². The Hall–Kier alpha value is -1.85. The fourth-order valence-corrected chi connectivity index (χ4v) is 2.95. The highest BCUT2D eigenvalue weighted by atomic mass is 16.5. The van der Waals surface area contributed by atoms with E-state index in [0.717, 1.165) is 62.0 Å². The number of rotatable bonds is 7. The van der Waals surface area contributed by atoms with Crippen molar-refractivity contribution in [1.82, 2.24) is 10.1 Å². The monoisotopic (exact) mass is 330 g/mol. The van der Waals surface area contributed by atoms with Crippen LogP contribution in [-0.4, -0.2) is 42.9 Å². The third kappa shape index (κ3) is 4.58. The fourth-order valence-electron chi connectivity index (χ4n) is 2.95. The van der Waals surface area contributed by atoms with Crippen LogP contribution in [0.4, 0.5) is 0 Å². The molecule has 1 fully saturated rings. The number of hydrogen-bond donors (Lipinski definition) is 0. The summed E-state index contributed by atoms with van der Waals surface area (Å²) in [6.45, 7) is 9.37. The van der Waals surface area contributed by atoms with Crippen molar-refractivity contribution in [1.29, 1.82) is 0 Å². The van der Waals surface area contributed by atoms with Crippen molar-refractivity contribution in [2.45, 2.75) is 33.3 Å². The first-order valence-corrected chi connectivity index (χ1v) is 8.66. The van der Waals surface area contributed by atoms with E-state index in [1.165, 1.54) is 12.0 Å². The van der Waals surface area contributed by atoms with E-state index in [0.29, 0.717) is 6.61 Å². The minimum absolute atomic E-state index is 0.498. The van der Waals surface area contributed by atoms with Crippen molar-refractivity contribution >= 4 is 0 Å². The molecule has 0 bridgehead atoms. The fraction of sp³-hybridized carbons (Fsp3) is 0.526. The van der Waals surface area contributed by atoms with Gasteiger partial charge < -0.3 is 14.0 Å². The van der Waals surface area contributed by atoms with Gasteiger partial charge in [-0.3, -0.25) is 4.90 Å². The Morgan fingerprint density at radius 2 is 1.88 bits per heavy atom. The maximum absolute atomic E-state index is 5.84. The summed E-state index contributed by atoms with van der Waals surface area (Å²) in [4.78, 5) is 2.48. The van der Waals surface area contributed by atoms with Gasteiger partial charge in [0, 0.05) is 13.1 Å². The van der Waals surface area contributed by atoms with Crippen LogP contribution in [0.25, 0.3) is 0 Å². The molecule has 0 N–H and O–H groups in total. The molecular formula is C19H26N2O3. The molecule has 0 aliphatic carbocycles. The average molecular weight is 330 g/mol. The molecular weight excluding hydrogens is 304 g/mol. The summed E-state index contributed by atoms with van der Waals surface area (Å²) < 4.78 is 16.4. The summed E-state index contributed by atoms with van der Waals surface area (Å²) in [6.07, 6.45) is 2.28. The molecule has 2 heterocycles. The molecule has 0 unspecified atom stereocenters. The minimum atomic E-state index is 0.498. The second-order valence-electron chi connectivity index (χ2n) is 6.29. The minimum Gasteiger partial charge on any atom is -0.489 e. The molecule has 1 aliphatic heterocycles. The summed E-state index contributed by atoms with van der Waals surface area (Å²) in [6, 6.07) is 8.40. The number of benzene rings is 1. The van der Waals surface area contributed by atoms with Crippen molar-refractivity contribution in [2.75, 3.05) is 32.8 Å². The lowest BCUT2D eigenvalue weighted by molar-refractivity contribution is 0.0374. The number of nitrogens with zero attached hydrogens (tertiary/aromatic N) is 2. The number of morpholine rings is 1. The highest BCUT2D eigenvalue weighted by molar-refractivity contribution is 5.28. The second-order valence-corrected chi connectivity index (χ2v) is 6.29. The van der Waals surface area contributed by atoms with Crippen LogP contribution in [0, 0.1) is 13.8 Å². The van der Waals surface area contributed by atoms with E-state index in [9.17, 15) is 0 Å². The van der Waals surface area contributed by atoms with Gasteiger partial charge in [0.25, 0.3) is 0 Å². The van der Waals surface area contributed by atoms with Crippen molar-refractivity contribution in [3.8, 4) is 5.75 Å². The summed E-state index contributed by atoms with van der Waals surface area (Å²) in [5.74, 6) is 1.71. The van der Waals surface area contributed by atoms with Gasteiger partial charge >= 0.3 is 0 Å². The zero-order valence-corrected chi connectivity index (χ0v) is 14.6. The number of aryl methyl sites for hydroxylation is 3. The van der Waals surface area contributed by atoms with E-state index in [1.807, 2.05) is 26.0 Å². The molecule has 0 radical (unpaired) electrons. The first kappa shape index (κ1) is 17.0. The SMILES string of the molecule is Cc1noc(C)c1COc1ccc(CCCN2CCOCC2)cc1. The van der Waals surface area contributed by atoms with Crippen LogP contribution in [-0.2, 0) is 17.8 Å². The zero-order valence-electron chi connectivity index (χ0n) is 14.6. The van der Waals surface area contributed by atoms with E-state index < -0.39 is 0 Å². The van der Waals surface area contributed by atoms with Crippen LogP contribution in [0.2, 0.25) is 0 Å². The largest absolute Gasteiger partial charge is 0.489 e. The third-order valence-electron chi connectivity index (χ3n) is 4.53. The first-order valence-electron chi connectivity index (χ1n) is 8.66. The van der Waals surface area contributed by atoms with E-state index >= 15 is 0 Å². The molecule has 5 nitrogen and oxygen atoms in total. The van der Waals surface area contributed by atoms with Crippen LogP contribution in [0.5, 0.6) is 5.75 Å². The summed E-state index contributed by atoms with van der Waals surface area (Å²) in [5, 5.41) is 3.95. The van der Waals surface area contributed by atoms with Gasteiger partial charge in [0.1, 0.15) is 18.1 Å². The Morgan fingerprint density at radius 1 is 1.12 bits per heavy atom. The van der Waals surface area contributed by atoms with Crippen molar-refractivity contribution in [3.05, 3.63) is 46.8 Å². The van der Waals surface area contributed by atoms with Gasteiger partial charge in [-0.05, 0) is 50.9 Å². The Balaban J connectivity index is 1.43. The van der Waals surface area contributed by atoms with Gasteiger partial charge in [-0.15, -0.1) is 0 Å². The quantitative estimate of drug-likeness (QED) is 0.780. The molecule has 130 valence electrons. The molecule has 2 aromatic rings.